The minimum Gasteiger partial charge on any atom is -0.384 e. The lowest BCUT2D eigenvalue weighted by Crippen LogP contribution is -2.47. The molecule has 1 atom stereocenters. The number of nitrogens with zero attached hydrogens (tertiary/aromatic N) is 1. The van der Waals surface area contributed by atoms with Gasteiger partial charge in [-0.05, 0) is 25.5 Å². The lowest BCUT2D eigenvalue weighted by atomic mass is 10.0. The van der Waals surface area contributed by atoms with Gasteiger partial charge < -0.3 is 9.84 Å². The summed E-state index contributed by atoms with van der Waals surface area (Å²) in [5.41, 5.74) is 0.378. The second-order valence-corrected chi connectivity index (χ2v) is 6.41. The number of hydrogen-bond acceptors (Lipinski definition) is 4. The number of amides is 1. The first-order chi connectivity index (χ1) is 12.1. The molecule has 2 aromatic rings. The molecule has 0 radical (unpaired) electrons. The lowest BCUT2D eigenvalue weighted by molar-refractivity contribution is -0.122. The van der Waals surface area contributed by atoms with Crippen LogP contribution in [0.4, 0.5) is 4.39 Å². The lowest BCUT2D eigenvalue weighted by Gasteiger charge is -2.33. The van der Waals surface area contributed by atoms with Crippen molar-refractivity contribution in [2.75, 3.05) is 13.1 Å². The molecule has 1 amide bonds. The number of carbonyl (C=O) groups is 1. The largest absolute Gasteiger partial charge is 0.384 e. The van der Waals surface area contributed by atoms with Gasteiger partial charge in [0.05, 0.1) is 0 Å². The summed E-state index contributed by atoms with van der Waals surface area (Å²) in [6.45, 7) is 2.15. The SMILES string of the molecule is O=C(CCc1cc(=O)[nH]o1)N[C@@H]1CCCN(Cc2ccccc2F)C1. The van der Waals surface area contributed by atoms with Gasteiger partial charge in [0, 0.05) is 43.6 Å². The Hall–Kier alpha value is -2.41. The number of rotatable bonds is 6. The second kappa shape index (κ2) is 8.11. The molecule has 25 heavy (non-hydrogen) atoms. The Morgan fingerprint density at radius 3 is 3.00 bits per heavy atom. The zero-order valence-corrected chi connectivity index (χ0v) is 14.0. The van der Waals surface area contributed by atoms with Gasteiger partial charge in [-0.3, -0.25) is 14.5 Å². The van der Waals surface area contributed by atoms with Crippen LogP contribution < -0.4 is 10.9 Å². The number of H-pyrrole nitrogens is 1. The average Bonchev–Trinajstić information content (AvgIpc) is 3.01. The molecule has 1 aromatic carbocycles. The van der Waals surface area contributed by atoms with Gasteiger partial charge in [0.25, 0.3) is 5.56 Å². The fourth-order valence-corrected chi connectivity index (χ4v) is 3.17. The molecule has 2 N–H and O–H groups in total. The van der Waals surface area contributed by atoms with Gasteiger partial charge in [-0.1, -0.05) is 18.2 Å². The van der Waals surface area contributed by atoms with Crippen molar-refractivity contribution >= 4 is 5.91 Å². The first-order valence-corrected chi connectivity index (χ1v) is 8.52. The summed E-state index contributed by atoms with van der Waals surface area (Å²) < 4.78 is 18.7. The summed E-state index contributed by atoms with van der Waals surface area (Å²) >= 11 is 0. The highest BCUT2D eigenvalue weighted by Gasteiger charge is 2.22. The molecular formula is C18H22FN3O3. The van der Waals surface area contributed by atoms with Crippen LogP contribution in [-0.2, 0) is 17.8 Å². The number of piperidine rings is 1. The van der Waals surface area contributed by atoms with Crippen LogP contribution in [0.1, 0.15) is 30.6 Å². The molecule has 0 spiro atoms. The standard InChI is InChI=1S/C18H22FN3O3/c19-16-6-2-1-4-13(16)11-22-9-3-5-14(12-22)20-17(23)8-7-15-10-18(24)21-25-15/h1-2,4,6,10,14H,3,5,7-9,11-12H2,(H,20,23)(H,21,24)/t14-/m1/s1. The zero-order chi connectivity index (χ0) is 17.6. The van der Waals surface area contributed by atoms with Crippen molar-refractivity contribution in [1.29, 1.82) is 0 Å². The van der Waals surface area contributed by atoms with Crippen LogP contribution in [0.3, 0.4) is 0 Å². The number of hydrogen-bond donors (Lipinski definition) is 2. The number of aromatic nitrogens is 1. The monoisotopic (exact) mass is 347 g/mol. The van der Waals surface area contributed by atoms with E-state index in [2.05, 4.69) is 15.4 Å². The summed E-state index contributed by atoms with van der Waals surface area (Å²) in [6, 6.07) is 8.20. The van der Waals surface area contributed by atoms with E-state index in [0.717, 1.165) is 19.4 Å². The van der Waals surface area contributed by atoms with E-state index in [1.54, 1.807) is 12.1 Å². The fourth-order valence-electron chi connectivity index (χ4n) is 3.17. The van der Waals surface area contributed by atoms with Gasteiger partial charge in [-0.15, -0.1) is 0 Å². The Labute approximate surface area is 145 Å². The normalized spacial score (nSPS) is 18.2. The van der Waals surface area contributed by atoms with E-state index in [1.807, 2.05) is 6.07 Å². The van der Waals surface area contributed by atoms with Crippen molar-refractivity contribution in [3.63, 3.8) is 0 Å². The molecule has 1 fully saturated rings. The highest BCUT2D eigenvalue weighted by Crippen LogP contribution is 2.16. The Bertz CT molecular complexity index is 771. The predicted molar refractivity (Wildman–Crippen MR) is 90.5 cm³/mol. The number of carbonyl (C=O) groups excluding carboxylic acids is 1. The third-order valence-electron chi connectivity index (χ3n) is 4.40. The Morgan fingerprint density at radius 2 is 2.24 bits per heavy atom. The highest BCUT2D eigenvalue weighted by molar-refractivity contribution is 5.76. The molecule has 0 saturated carbocycles. The topological polar surface area (TPSA) is 78.3 Å². The van der Waals surface area contributed by atoms with Crippen molar-refractivity contribution in [3.05, 3.63) is 57.8 Å². The van der Waals surface area contributed by atoms with Crippen molar-refractivity contribution in [2.45, 2.75) is 38.3 Å². The molecule has 1 aliphatic rings. The van der Waals surface area contributed by atoms with Crippen molar-refractivity contribution in [1.82, 2.24) is 15.4 Å². The summed E-state index contributed by atoms with van der Waals surface area (Å²) in [5.74, 6) is 0.216. The molecule has 0 bridgehead atoms. The third kappa shape index (κ3) is 5.03. The number of aromatic amines is 1. The molecule has 1 saturated heterocycles. The van der Waals surface area contributed by atoms with E-state index in [9.17, 15) is 14.0 Å². The quantitative estimate of drug-likeness (QED) is 0.836. The van der Waals surface area contributed by atoms with Gasteiger partial charge in [0.2, 0.25) is 5.91 Å². The Kier molecular flexibility index (Phi) is 5.65. The third-order valence-corrected chi connectivity index (χ3v) is 4.40. The van der Waals surface area contributed by atoms with E-state index in [1.165, 1.54) is 12.1 Å². The van der Waals surface area contributed by atoms with Crippen LogP contribution in [0.5, 0.6) is 0 Å². The Balaban J connectivity index is 1.47. The minimum atomic E-state index is -0.300. The van der Waals surface area contributed by atoms with Crippen LogP contribution >= 0.6 is 0 Å². The molecule has 134 valence electrons. The van der Waals surface area contributed by atoms with Gasteiger partial charge >= 0.3 is 0 Å². The van der Waals surface area contributed by atoms with E-state index in [-0.39, 0.29) is 29.7 Å². The summed E-state index contributed by atoms with van der Waals surface area (Å²) in [4.78, 5) is 25.2. The number of halogens is 1. The van der Waals surface area contributed by atoms with E-state index < -0.39 is 0 Å². The van der Waals surface area contributed by atoms with Crippen molar-refractivity contribution in [2.24, 2.45) is 0 Å². The molecular weight excluding hydrogens is 325 g/mol. The van der Waals surface area contributed by atoms with E-state index in [4.69, 9.17) is 4.52 Å². The van der Waals surface area contributed by atoms with Crippen LogP contribution in [0.2, 0.25) is 0 Å². The molecule has 1 aliphatic heterocycles. The molecule has 0 aliphatic carbocycles. The number of likely N-dealkylation sites (tertiary alicyclic amines) is 1. The maximum absolute atomic E-state index is 13.8. The van der Waals surface area contributed by atoms with Crippen molar-refractivity contribution in [3.8, 4) is 0 Å². The smallest absolute Gasteiger partial charge is 0.280 e. The van der Waals surface area contributed by atoms with Gasteiger partial charge in [-0.2, -0.15) is 5.16 Å². The minimum absolute atomic E-state index is 0.0613. The van der Waals surface area contributed by atoms with E-state index in [0.29, 0.717) is 30.8 Å². The molecule has 1 aromatic heterocycles. The predicted octanol–water partition coefficient (Wildman–Crippen LogP) is 1.82. The molecule has 6 nitrogen and oxygen atoms in total. The molecule has 0 unspecified atom stereocenters. The van der Waals surface area contributed by atoms with E-state index >= 15 is 0 Å². The fraction of sp³-hybridized carbons (Fsp3) is 0.444. The number of benzene rings is 1. The first-order valence-electron chi connectivity index (χ1n) is 8.52. The average molecular weight is 347 g/mol. The summed E-state index contributed by atoms with van der Waals surface area (Å²) in [7, 11) is 0. The van der Waals surface area contributed by atoms with Crippen LogP contribution in [-0.4, -0.2) is 35.1 Å². The molecule has 3 rings (SSSR count). The van der Waals surface area contributed by atoms with Crippen LogP contribution in [0.25, 0.3) is 0 Å². The van der Waals surface area contributed by atoms with Gasteiger partial charge in [-0.25, -0.2) is 4.39 Å². The Morgan fingerprint density at radius 1 is 1.40 bits per heavy atom. The second-order valence-electron chi connectivity index (χ2n) is 6.41. The van der Waals surface area contributed by atoms with Crippen molar-refractivity contribution < 1.29 is 13.7 Å². The maximum atomic E-state index is 13.8. The first kappa shape index (κ1) is 17.4. The molecule has 2 heterocycles. The van der Waals surface area contributed by atoms with Crippen LogP contribution in [0.15, 0.2) is 39.6 Å². The van der Waals surface area contributed by atoms with Gasteiger partial charge in [0.1, 0.15) is 11.6 Å². The maximum Gasteiger partial charge on any atom is 0.280 e. The zero-order valence-electron chi connectivity index (χ0n) is 14.0. The number of nitrogens with one attached hydrogen (secondary N) is 2. The summed E-state index contributed by atoms with van der Waals surface area (Å²) in [6.07, 6.45) is 2.53. The number of aryl methyl sites for hydroxylation is 1. The summed E-state index contributed by atoms with van der Waals surface area (Å²) in [5, 5.41) is 5.23. The highest BCUT2D eigenvalue weighted by atomic mass is 19.1. The van der Waals surface area contributed by atoms with Gasteiger partial charge in [0.15, 0.2) is 0 Å². The molecule has 7 heteroatoms. The van der Waals surface area contributed by atoms with Crippen LogP contribution in [0, 0.1) is 5.82 Å².